The Morgan fingerprint density at radius 2 is 1.64 bits per heavy atom. The van der Waals surface area contributed by atoms with Crippen molar-refractivity contribution in [2.24, 2.45) is 11.1 Å². The Hall–Kier alpha value is -0.0800. The summed E-state index contributed by atoms with van der Waals surface area (Å²) in [5, 5.41) is 3.57. The molecule has 2 rings (SSSR count). The Labute approximate surface area is 87.6 Å². The van der Waals surface area contributed by atoms with Gasteiger partial charge in [-0.15, -0.1) is 0 Å². The highest BCUT2D eigenvalue weighted by atomic mass is 15.0. The van der Waals surface area contributed by atoms with Gasteiger partial charge in [0.05, 0.1) is 0 Å². The third-order valence-electron chi connectivity index (χ3n) is 3.98. The van der Waals surface area contributed by atoms with Gasteiger partial charge in [0.1, 0.15) is 0 Å². The fraction of sp³-hybridized carbons (Fsp3) is 1.00. The van der Waals surface area contributed by atoms with Crippen molar-refractivity contribution in [1.82, 2.24) is 5.32 Å². The van der Waals surface area contributed by atoms with Crippen molar-refractivity contribution in [2.75, 3.05) is 13.1 Å². The van der Waals surface area contributed by atoms with Crippen LogP contribution >= 0.6 is 0 Å². The summed E-state index contributed by atoms with van der Waals surface area (Å²) < 4.78 is 0. The second-order valence-electron chi connectivity index (χ2n) is 5.84. The highest BCUT2D eigenvalue weighted by Gasteiger charge is 2.38. The SMILES string of the molecule is CC1(CNCC2(N)CC2)CCCCC1. The van der Waals surface area contributed by atoms with E-state index in [4.69, 9.17) is 5.73 Å². The second-order valence-corrected chi connectivity index (χ2v) is 5.84. The van der Waals surface area contributed by atoms with Gasteiger partial charge in [-0.2, -0.15) is 0 Å². The van der Waals surface area contributed by atoms with Crippen LogP contribution < -0.4 is 11.1 Å². The van der Waals surface area contributed by atoms with Gasteiger partial charge >= 0.3 is 0 Å². The van der Waals surface area contributed by atoms with Crippen LogP contribution in [0, 0.1) is 5.41 Å². The summed E-state index contributed by atoms with van der Waals surface area (Å²) in [6.45, 7) is 4.63. The third-order valence-corrected chi connectivity index (χ3v) is 3.98. The van der Waals surface area contributed by atoms with Crippen LogP contribution in [0.1, 0.15) is 51.9 Å². The van der Waals surface area contributed by atoms with Crippen molar-refractivity contribution < 1.29 is 0 Å². The second kappa shape index (κ2) is 3.82. The highest BCUT2D eigenvalue weighted by molar-refractivity contribution is 5.00. The molecule has 0 radical (unpaired) electrons. The van der Waals surface area contributed by atoms with Gasteiger partial charge in [0.2, 0.25) is 0 Å². The minimum atomic E-state index is 0.172. The molecule has 0 aromatic carbocycles. The van der Waals surface area contributed by atoms with Gasteiger partial charge in [-0.1, -0.05) is 26.2 Å². The summed E-state index contributed by atoms with van der Waals surface area (Å²) in [7, 11) is 0. The summed E-state index contributed by atoms with van der Waals surface area (Å²) >= 11 is 0. The standard InChI is InChI=1S/C12H24N2/c1-11(5-3-2-4-6-11)9-14-10-12(13)7-8-12/h14H,2-10,13H2,1H3. The molecule has 0 aliphatic heterocycles. The van der Waals surface area contributed by atoms with Gasteiger partial charge in [0.15, 0.2) is 0 Å². The first-order valence-electron chi connectivity index (χ1n) is 6.12. The van der Waals surface area contributed by atoms with Gasteiger partial charge < -0.3 is 11.1 Å². The summed E-state index contributed by atoms with van der Waals surface area (Å²) in [6.07, 6.45) is 9.52. The monoisotopic (exact) mass is 196 g/mol. The summed E-state index contributed by atoms with van der Waals surface area (Å²) in [5.74, 6) is 0. The molecule has 82 valence electrons. The number of rotatable bonds is 4. The molecule has 2 nitrogen and oxygen atoms in total. The first-order chi connectivity index (χ1) is 6.62. The quantitative estimate of drug-likeness (QED) is 0.722. The average molecular weight is 196 g/mol. The number of nitrogens with one attached hydrogen (secondary N) is 1. The van der Waals surface area contributed by atoms with E-state index in [1.165, 1.54) is 51.5 Å². The van der Waals surface area contributed by atoms with Crippen molar-refractivity contribution in [3.63, 3.8) is 0 Å². The Morgan fingerprint density at radius 3 is 2.21 bits per heavy atom. The normalized spacial score (nSPS) is 28.7. The molecule has 0 atom stereocenters. The van der Waals surface area contributed by atoms with Crippen LogP contribution in [0.3, 0.4) is 0 Å². The molecule has 0 amide bonds. The van der Waals surface area contributed by atoms with Gasteiger partial charge in [0.25, 0.3) is 0 Å². The Balaban J connectivity index is 1.67. The molecular formula is C12H24N2. The summed E-state index contributed by atoms with van der Waals surface area (Å²) in [5.41, 5.74) is 6.77. The van der Waals surface area contributed by atoms with Crippen LogP contribution in [0.4, 0.5) is 0 Å². The first-order valence-corrected chi connectivity index (χ1v) is 6.12. The van der Waals surface area contributed by atoms with Gasteiger partial charge in [-0.25, -0.2) is 0 Å². The van der Waals surface area contributed by atoms with E-state index in [2.05, 4.69) is 12.2 Å². The van der Waals surface area contributed by atoms with E-state index in [1.807, 2.05) is 0 Å². The molecule has 2 heteroatoms. The van der Waals surface area contributed by atoms with Gasteiger partial charge in [0, 0.05) is 18.6 Å². The third kappa shape index (κ3) is 2.71. The molecule has 0 bridgehead atoms. The topological polar surface area (TPSA) is 38.0 Å². The van der Waals surface area contributed by atoms with Gasteiger partial charge in [-0.05, 0) is 31.1 Å². The Kier molecular flexibility index (Phi) is 2.85. The predicted molar refractivity (Wildman–Crippen MR) is 60.2 cm³/mol. The van der Waals surface area contributed by atoms with Crippen molar-refractivity contribution in [2.45, 2.75) is 57.4 Å². The van der Waals surface area contributed by atoms with Crippen molar-refractivity contribution in [3.05, 3.63) is 0 Å². The molecule has 2 aliphatic carbocycles. The summed E-state index contributed by atoms with van der Waals surface area (Å²) in [6, 6.07) is 0. The average Bonchev–Trinajstić information content (AvgIpc) is 2.85. The first kappa shape index (κ1) is 10.4. The van der Waals surface area contributed by atoms with E-state index in [9.17, 15) is 0 Å². The van der Waals surface area contributed by atoms with Crippen molar-refractivity contribution >= 4 is 0 Å². The summed E-state index contributed by atoms with van der Waals surface area (Å²) in [4.78, 5) is 0. The zero-order chi connectivity index (χ0) is 10.1. The van der Waals surface area contributed by atoms with E-state index in [0.717, 1.165) is 6.54 Å². The van der Waals surface area contributed by atoms with E-state index >= 15 is 0 Å². The maximum Gasteiger partial charge on any atom is 0.0282 e. The van der Waals surface area contributed by atoms with E-state index in [0.29, 0.717) is 5.41 Å². The van der Waals surface area contributed by atoms with E-state index in [-0.39, 0.29) is 5.54 Å². The molecule has 0 unspecified atom stereocenters. The van der Waals surface area contributed by atoms with E-state index in [1.54, 1.807) is 0 Å². The molecule has 14 heavy (non-hydrogen) atoms. The Morgan fingerprint density at radius 1 is 1.00 bits per heavy atom. The predicted octanol–water partition coefficient (Wildman–Crippen LogP) is 2.04. The van der Waals surface area contributed by atoms with Crippen LogP contribution in [-0.4, -0.2) is 18.6 Å². The van der Waals surface area contributed by atoms with Crippen molar-refractivity contribution in [1.29, 1.82) is 0 Å². The zero-order valence-electron chi connectivity index (χ0n) is 9.44. The Bertz CT molecular complexity index is 190. The lowest BCUT2D eigenvalue weighted by molar-refractivity contribution is 0.206. The number of nitrogens with two attached hydrogens (primary N) is 1. The lowest BCUT2D eigenvalue weighted by atomic mass is 9.76. The van der Waals surface area contributed by atoms with Crippen LogP contribution in [0.2, 0.25) is 0 Å². The van der Waals surface area contributed by atoms with Crippen LogP contribution in [0.25, 0.3) is 0 Å². The van der Waals surface area contributed by atoms with Gasteiger partial charge in [-0.3, -0.25) is 0 Å². The van der Waals surface area contributed by atoms with E-state index < -0.39 is 0 Å². The lowest BCUT2D eigenvalue weighted by Gasteiger charge is -2.34. The minimum Gasteiger partial charge on any atom is -0.324 e. The molecule has 0 aromatic rings. The molecule has 0 aromatic heterocycles. The number of hydrogen-bond donors (Lipinski definition) is 2. The maximum atomic E-state index is 6.04. The molecule has 0 saturated heterocycles. The lowest BCUT2D eigenvalue weighted by Crippen LogP contribution is -2.41. The molecule has 0 spiro atoms. The minimum absolute atomic E-state index is 0.172. The molecular weight excluding hydrogens is 172 g/mol. The largest absolute Gasteiger partial charge is 0.324 e. The fourth-order valence-corrected chi connectivity index (χ4v) is 2.53. The highest BCUT2D eigenvalue weighted by Crippen LogP contribution is 2.36. The van der Waals surface area contributed by atoms with Crippen LogP contribution in [0.5, 0.6) is 0 Å². The zero-order valence-corrected chi connectivity index (χ0v) is 9.44. The fourth-order valence-electron chi connectivity index (χ4n) is 2.53. The maximum absolute atomic E-state index is 6.04. The molecule has 2 aliphatic rings. The van der Waals surface area contributed by atoms with Crippen molar-refractivity contribution in [3.8, 4) is 0 Å². The molecule has 2 saturated carbocycles. The molecule has 2 fully saturated rings. The molecule has 0 heterocycles. The smallest absolute Gasteiger partial charge is 0.0282 e. The number of hydrogen-bond acceptors (Lipinski definition) is 2. The van der Waals surface area contributed by atoms with Crippen LogP contribution in [0.15, 0.2) is 0 Å². The van der Waals surface area contributed by atoms with Crippen LogP contribution in [-0.2, 0) is 0 Å². The molecule has 3 N–H and O–H groups in total.